The van der Waals surface area contributed by atoms with E-state index >= 15 is 0 Å². The highest BCUT2D eigenvalue weighted by Gasteiger charge is 2.15. The second-order valence-electron chi connectivity index (χ2n) is 7.26. The molecule has 4 rings (SSSR count). The zero-order valence-electron chi connectivity index (χ0n) is 17.2. The van der Waals surface area contributed by atoms with E-state index in [-0.39, 0.29) is 5.82 Å². The molecule has 4 nitrogen and oxygen atoms in total. The van der Waals surface area contributed by atoms with Crippen molar-refractivity contribution in [1.82, 2.24) is 4.98 Å². The molecule has 0 saturated carbocycles. The van der Waals surface area contributed by atoms with Gasteiger partial charge in [0.1, 0.15) is 5.82 Å². The minimum absolute atomic E-state index is 0.290. The maximum absolute atomic E-state index is 14.3. The zero-order valence-corrected chi connectivity index (χ0v) is 19.5. The van der Waals surface area contributed by atoms with Gasteiger partial charge >= 0.3 is 5.97 Å². The lowest BCUT2D eigenvalue weighted by molar-refractivity contribution is -0.130. The summed E-state index contributed by atoms with van der Waals surface area (Å²) in [6, 6.07) is 17.8. The summed E-state index contributed by atoms with van der Waals surface area (Å²) in [5.41, 5.74) is 3.25. The molecule has 0 radical (unpaired) electrons. The first-order valence-corrected chi connectivity index (χ1v) is 11.5. The number of carboxylic acids is 1. The van der Waals surface area contributed by atoms with Gasteiger partial charge in [-0.1, -0.05) is 64.7 Å². The molecule has 0 fully saturated rings. The van der Waals surface area contributed by atoms with Crippen molar-refractivity contribution in [3.63, 3.8) is 0 Å². The number of hydrogen-bond donors (Lipinski definition) is 1. The van der Waals surface area contributed by atoms with Crippen LogP contribution in [0.15, 0.2) is 60.7 Å². The largest absolute Gasteiger partial charge is 0.472 e. The minimum atomic E-state index is -1.17. The van der Waals surface area contributed by atoms with Crippen molar-refractivity contribution >= 4 is 55.9 Å². The third-order valence-electron chi connectivity index (χ3n) is 4.92. The summed E-state index contributed by atoms with van der Waals surface area (Å²) in [5.74, 6) is 3.25. The molecule has 0 aliphatic rings. The lowest BCUT2D eigenvalue weighted by atomic mass is 10.1. The van der Waals surface area contributed by atoms with E-state index in [9.17, 15) is 9.18 Å². The molecule has 166 valence electrons. The van der Waals surface area contributed by atoms with E-state index in [2.05, 4.69) is 21.7 Å². The number of anilines is 1. The summed E-state index contributed by atoms with van der Waals surface area (Å²) in [4.78, 5) is 17.4. The van der Waals surface area contributed by atoms with Crippen molar-refractivity contribution in [1.29, 1.82) is 0 Å². The van der Waals surface area contributed by atoms with Gasteiger partial charge in [0.25, 0.3) is 0 Å². The van der Waals surface area contributed by atoms with Gasteiger partial charge in [0, 0.05) is 24.6 Å². The number of hydrogen-bond acceptors (Lipinski definition) is 4. The monoisotopic (exact) mass is 498 g/mol. The Balaban J connectivity index is 1.60. The predicted molar refractivity (Wildman–Crippen MR) is 132 cm³/mol. The van der Waals surface area contributed by atoms with Crippen LogP contribution in [-0.4, -0.2) is 22.6 Å². The highest BCUT2D eigenvalue weighted by atomic mass is 35.5. The fourth-order valence-electron chi connectivity index (χ4n) is 3.28. The summed E-state index contributed by atoms with van der Waals surface area (Å²) in [5, 5.41) is 10.4. The Morgan fingerprint density at radius 1 is 1.06 bits per heavy atom. The second-order valence-corrected chi connectivity index (χ2v) is 9.05. The van der Waals surface area contributed by atoms with Gasteiger partial charge in [0.05, 0.1) is 20.3 Å². The van der Waals surface area contributed by atoms with Crippen LogP contribution in [0.3, 0.4) is 0 Å². The molecule has 0 spiro atoms. The van der Waals surface area contributed by atoms with Crippen molar-refractivity contribution in [2.24, 2.45) is 0 Å². The quantitative estimate of drug-likeness (QED) is 0.311. The highest BCUT2D eigenvalue weighted by molar-refractivity contribution is 7.22. The lowest BCUT2D eigenvalue weighted by Gasteiger charge is -2.22. The highest BCUT2D eigenvalue weighted by Crippen LogP contribution is 2.32. The number of thiazole rings is 1. The minimum Gasteiger partial charge on any atom is -0.472 e. The van der Waals surface area contributed by atoms with Crippen molar-refractivity contribution in [3.05, 3.63) is 93.2 Å². The predicted octanol–water partition coefficient (Wildman–Crippen LogP) is 6.43. The SMILES string of the molecule is O=C(O)C#Cc1ccc(CN(CCc2ccc(Cl)c(Cl)c2)c2nc3cccc(F)c3s2)cc1. The summed E-state index contributed by atoms with van der Waals surface area (Å²) >= 11 is 13.5. The maximum Gasteiger partial charge on any atom is 0.382 e. The van der Waals surface area contributed by atoms with Crippen LogP contribution in [0.25, 0.3) is 10.2 Å². The van der Waals surface area contributed by atoms with E-state index in [4.69, 9.17) is 28.3 Å². The van der Waals surface area contributed by atoms with Gasteiger partial charge < -0.3 is 10.0 Å². The van der Waals surface area contributed by atoms with E-state index in [1.165, 1.54) is 17.4 Å². The molecule has 33 heavy (non-hydrogen) atoms. The van der Waals surface area contributed by atoms with Crippen molar-refractivity contribution in [2.75, 3.05) is 11.4 Å². The van der Waals surface area contributed by atoms with Crippen molar-refractivity contribution < 1.29 is 14.3 Å². The molecule has 8 heteroatoms. The van der Waals surface area contributed by atoms with Crippen LogP contribution in [0.1, 0.15) is 16.7 Å². The first-order chi connectivity index (χ1) is 15.9. The average Bonchev–Trinajstić information content (AvgIpc) is 3.24. The fourth-order valence-corrected chi connectivity index (χ4v) is 4.60. The number of fused-ring (bicyclic) bond motifs is 1. The molecular weight excluding hydrogens is 482 g/mol. The third kappa shape index (κ3) is 5.82. The van der Waals surface area contributed by atoms with Gasteiger partial charge in [-0.05, 0) is 53.9 Å². The van der Waals surface area contributed by atoms with Gasteiger partial charge in [-0.15, -0.1) is 0 Å². The smallest absolute Gasteiger partial charge is 0.382 e. The maximum atomic E-state index is 14.3. The van der Waals surface area contributed by atoms with Crippen LogP contribution in [0.5, 0.6) is 0 Å². The lowest BCUT2D eigenvalue weighted by Crippen LogP contribution is -2.25. The first-order valence-electron chi connectivity index (χ1n) is 9.97. The van der Waals surface area contributed by atoms with Crippen LogP contribution >= 0.6 is 34.5 Å². The number of aromatic nitrogens is 1. The summed E-state index contributed by atoms with van der Waals surface area (Å²) < 4.78 is 14.8. The number of nitrogens with zero attached hydrogens (tertiary/aromatic N) is 2. The third-order valence-corrected chi connectivity index (χ3v) is 6.80. The second kappa shape index (κ2) is 10.2. The number of carbonyl (C=O) groups is 1. The van der Waals surface area contributed by atoms with E-state index in [0.717, 1.165) is 11.1 Å². The molecule has 0 aliphatic carbocycles. The summed E-state index contributed by atoms with van der Waals surface area (Å²) in [6.07, 6.45) is 0.692. The molecule has 0 saturated heterocycles. The van der Waals surface area contributed by atoms with E-state index in [0.29, 0.717) is 50.5 Å². The van der Waals surface area contributed by atoms with Crippen molar-refractivity contribution in [3.8, 4) is 11.8 Å². The van der Waals surface area contributed by atoms with Crippen LogP contribution in [0, 0.1) is 17.7 Å². The zero-order chi connectivity index (χ0) is 23.4. The molecular formula is C25H17Cl2FN2O2S. The Morgan fingerprint density at radius 2 is 1.82 bits per heavy atom. The summed E-state index contributed by atoms with van der Waals surface area (Å²) in [7, 11) is 0. The number of carboxylic acid groups (broad SMARTS) is 1. The summed E-state index contributed by atoms with van der Waals surface area (Å²) in [6.45, 7) is 1.16. The molecule has 0 amide bonds. The standard InChI is InChI=1S/C25H17Cl2FN2O2S/c26-19-10-8-17(14-20(19)27)12-13-30(25-29-22-3-1-2-21(28)24(22)33-25)15-18-6-4-16(5-7-18)9-11-23(31)32/h1-8,10,14H,12-13,15H2,(H,31,32). The normalized spacial score (nSPS) is 10.6. The molecule has 1 heterocycles. The molecule has 0 bridgehead atoms. The van der Waals surface area contributed by atoms with Crippen molar-refractivity contribution in [2.45, 2.75) is 13.0 Å². The first kappa shape index (κ1) is 23.1. The molecule has 0 unspecified atom stereocenters. The Morgan fingerprint density at radius 3 is 2.52 bits per heavy atom. The number of halogens is 3. The van der Waals surface area contributed by atoms with Crippen LogP contribution < -0.4 is 4.90 Å². The topological polar surface area (TPSA) is 53.4 Å². The molecule has 3 aromatic carbocycles. The Kier molecular flexibility index (Phi) is 7.14. The van der Waals surface area contributed by atoms with Crippen LogP contribution in [0.2, 0.25) is 10.0 Å². The van der Waals surface area contributed by atoms with E-state index < -0.39 is 5.97 Å². The van der Waals surface area contributed by atoms with Gasteiger partial charge in [-0.2, -0.15) is 0 Å². The van der Waals surface area contributed by atoms with Crippen LogP contribution in [-0.2, 0) is 17.8 Å². The Hall–Kier alpha value is -3.11. The Labute approximate surface area is 204 Å². The van der Waals surface area contributed by atoms with Gasteiger partial charge in [-0.25, -0.2) is 14.2 Å². The fraction of sp³-hybridized carbons (Fsp3) is 0.120. The molecule has 4 aromatic rings. The molecule has 1 aromatic heterocycles. The van der Waals surface area contributed by atoms with E-state index in [1.54, 1.807) is 30.3 Å². The number of benzene rings is 3. The molecule has 0 atom stereocenters. The molecule has 0 aliphatic heterocycles. The molecule has 1 N–H and O–H groups in total. The van der Waals surface area contributed by atoms with Gasteiger partial charge in [-0.3, -0.25) is 0 Å². The van der Waals surface area contributed by atoms with Gasteiger partial charge in [0.2, 0.25) is 0 Å². The van der Waals surface area contributed by atoms with E-state index in [1.807, 2.05) is 24.3 Å². The number of rotatable bonds is 6. The Bertz CT molecular complexity index is 1380. The van der Waals surface area contributed by atoms with Gasteiger partial charge in [0.15, 0.2) is 5.13 Å². The number of aliphatic carboxylic acids is 1. The average molecular weight is 499 g/mol. The van der Waals surface area contributed by atoms with Crippen LogP contribution in [0.4, 0.5) is 9.52 Å².